The van der Waals surface area contributed by atoms with Crippen LogP contribution in [-0.4, -0.2) is 16.2 Å². The Labute approximate surface area is 136 Å². The summed E-state index contributed by atoms with van der Waals surface area (Å²) in [5, 5.41) is 18.0. The van der Waals surface area contributed by atoms with Crippen LogP contribution in [0.15, 0.2) is 66.8 Å². The Morgan fingerprint density at radius 1 is 0.917 bits per heavy atom. The Kier molecular flexibility index (Phi) is 5.08. The number of hydrogen-bond acceptors (Lipinski definition) is 2. The topological polar surface area (TPSA) is 57.5 Å². The average Bonchev–Trinajstić information content (AvgIpc) is 2.52. The first-order valence-electron chi connectivity index (χ1n) is 6.86. The predicted molar refractivity (Wildman–Crippen MR) is 83.4 cm³/mol. The number of halogens is 3. The van der Waals surface area contributed by atoms with Gasteiger partial charge in [0.15, 0.2) is 0 Å². The van der Waals surface area contributed by atoms with Crippen molar-refractivity contribution in [3.8, 4) is 5.75 Å². The van der Waals surface area contributed by atoms with E-state index >= 15 is 0 Å². The second-order valence-electron chi connectivity index (χ2n) is 4.90. The molecule has 124 valence electrons. The Hall–Kier alpha value is -3.02. The molecule has 2 aromatic rings. The number of aliphatic carboxylic acids is 1. The van der Waals surface area contributed by atoms with E-state index < -0.39 is 17.7 Å². The lowest BCUT2D eigenvalue weighted by Crippen LogP contribution is -2.04. The number of carbonyl (C=O) groups is 1. The maximum atomic E-state index is 12.7. The fraction of sp³-hybridized carbons (Fsp3) is 0.0556. The second kappa shape index (κ2) is 7.04. The molecule has 0 atom stereocenters. The first-order chi connectivity index (χ1) is 11.3. The van der Waals surface area contributed by atoms with Gasteiger partial charge < -0.3 is 10.2 Å². The summed E-state index contributed by atoms with van der Waals surface area (Å²) in [5.41, 5.74) is 0.880. The molecular formula is C18H13F3O3. The summed E-state index contributed by atoms with van der Waals surface area (Å²) in [5.74, 6) is -1.09. The molecule has 0 aliphatic heterocycles. The number of phenols is 1. The highest BCUT2D eigenvalue weighted by Gasteiger charge is 2.30. The molecule has 0 unspecified atom stereocenters. The summed E-state index contributed by atoms with van der Waals surface area (Å²) >= 11 is 0. The number of alkyl halides is 3. The van der Waals surface area contributed by atoms with Gasteiger partial charge >= 0.3 is 12.1 Å². The highest BCUT2D eigenvalue weighted by atomic mass is 19.4. The summed E-state index contributed by atoms with van der Waals surface area (Å²) < 4.78 is 38.0. The lowest BCUT2D eigenvalue weighted by molar-refractivity contribution is -0.137. The van der Waals surface area contributed by atoms with Crippen LogP contribution in [0.5, 0.6) is 5.75 Å². The molecule has 2 aromatic carbocycles. The van der Waals surface area contributed by atoms with Crippen LogP contribution in [0.25, 0.3) is 5.57 Å². The first kappa shape index (κ1) is 17.3. The maximum Gasteiger partial charge on any atom is 0.416 e. The van der Waals surface area contributed by atoms with Crippen LogP contribution in [0.3, 0.4) is 0 Å². The number of benzene rings is 2. The van der Waals surface area contributed by atoms with Gasteiger partial charge in [0.25, 0.3) is 0 Å². The molecule has 0 amide bonds. The molecule has 0 aromatic heterocycles. The van der Waals surface area contributed by atoms with Gasteiger partial charge in [-0.2, -0.15) is 13.2 Å². The fourth-order valence-electron chi connectivity index (χ4n) is 2.07. The van der Waals surface area contributed by atoms with E-state index in [2.05, 4.69) is 0 Å². The predicted octanol–water partition coefficient (Wildman–Crippen LogP) is 4.48. The number of carboxylic acid groups (broad SMARTS) is 1. The van der Waals surface area contributed by atoms with Crippen molar-refractivity contribution in [3.05, 3.63) is 83.4 Å². The molecule has 3 nitrogen and oxygen atoms in total. The molecule has 0 spiro atoms. The van der Waals surface area contributed by atoms with E-state index in [9.17, 15) is 23.1 Å². The molecule has 24 heavy (non-hydrogen) atoms. The standard InChI is InChI=1S/C18H13F3O3/c19-18(20,21)14-8-4-12(5-9-14)16(2-1-3-17(23)24)13-6-10-15(22)11-7-13/h1-11,22H,(H,23,24)/b3-1+,16-2+. The number of carboxylic acids is 1. The van der Waals surface area contributed by atoms with Crippen molar-refractivity contribution in [2.45, 2.75) is 6.18 Å². The molecule has 0 saturated carbocycles. The summed E-state index contributed by atoms with van der Waals surface area (Å²) in [7, 11) is 0. The van der Waals surface area contributed by atoms with Crippen LogP contribution in [-0.2, 0) is 11.0 Å². The monoisotopic (exact) mass is 334 g/mol. The molecule has 0 radical (unpaired) electrons. The highest BCUT2D eigenvalue weighted by Crippen LogP contribution is 2.31. The van der Waals surface area contributed by atoms with Crippen molar-refractivity contribution in [3.63, 3.8) is 0 Å². The van der Waals surface area contributed by atoms with Gasteiger partial charge in [0, 0.05) is 6.08 Å². The van der Waals surface area contributed by atoms with E-state index in [4.69, 9.17) is 5.11 Å². The number of phenolic OH excluding ortho intramolecular Hbond substituents is 1. The number of hydrogen-bond donors (Lipinski definition) is 2. The molecule has 2 N–H and O–H groups in total. The largest absolute Gasteiger partial charge is 0.508 e. The van der Waals surface area contributed by atoms with E-state index in [0.717, 1.165) is 18.2 Å². The third kappa shape index (κ3) is 4.49. The van der Waals surface area contributed by atoms with Gasteiger partial charge in [-0.15, -0.1) is 0 Å². The van der Waals surface area contributed by atoms with Gasteiger partial charge in [0.05, 0.1) is 5.56 Å². The van der Waals surface area contributed by atoms with Crippen molar-refractivity contribution < 1.29 is 28.2 Å². The Morgan fingerprint density at radius 3 is 1.88 bits per heavy atom. The molecule has 0 fully saturated rings. The third-order valence-electron chi connectivity index (χ3n) is 3.20. The van der Waals surface area contributed by atoms with Gasteiger partial charge in [0.1, 0.15) is 5.75 Å². The zero-order valence-electron chi connectivity index (χ0n) is 12.3. The van der Waals surface area contributed by atoms with Crippen LogP contribution >= 0.6 is 0 Å². The lowest BCUT2D eigenvalue weighted by Gasteiger charge is -2.11. The van der Waals surface area contributed by atoms with Gasteiger partial charge in [-0.25, -0.2) is 4.79 Å². The summed E-state index contributed by atoms with van der Waals surface area (Å²) in [6.45, 7) is 0. The normalized spacial score (nSPS) is 12.5. The molecule has 0 heterocycles. The molecule has 0 saturated heterocycles. The maximum absolute atomic E-state index is 12.7. The average molecular weight is 334 g/mol. The van der Waals surface area contributed by atoms with Gasteiger partial charge in [-0.3, -0.25) is 0 Å². The molecule has 0 aliphatic rings. The molecule has 2 rings (SSSR count). The summed E-state index contributed by atoms with van der Waals surface area (Å²) in [6.07, 6.45) is -0.722. The van der Waals surface area contributed by atoms with Crippen molar-refractivity contribution in [1.82, 2.24) is 0 Å². The third-order valence-corrected chi connectivity index (χ3v) is 3.20. The van der Waals surface area contributed by atoms with E-state index in [1.54, 1.807) is 12.1 Å². The van der Waals surface area contributed by atoms with Gasteiger partial charge in [-0.05, 0) is 41.0 Å². The quantitative estimate of drug-likeness (QED) is 0.640. The summed E-state index contributed by atoms with van der Waals surface area (Å²) in [6, 6.07) is 10.6. The highest BCUT2D eigenvalue weighted by molar-refractivity contribution is 5.84. The van der Waals surface area contributed by atoms with Crippen molar-refractivity contribution in [1.29, 1.82) is 0 Å². The van der Waals surface area contributed by atoms with E-state index in [1.165, 1.54) is 36.4 Å². The molecule has 0 bridgehead atoms. The number of rotatable bonds is 4. The van der Waals surface area contributed by atoms with Crippen molar-refractivity contribution in [2.24, 2.45) is 0 Å². The lowest BCUT2D eigenvalue weighted by atomic mass is 9.96. The van der Waals surface area contributed by atoms with Crippen LogP contribution < -0.4 is 0 Å². The molecular weight excluding hydrogens is 321 g/mol. The smallest absolute Gasteiger partial charge is 0.416 e. The SMILES string of the molecule is O=C(O)/C=C/C=C(/c1ccc(O)cc1)c1ccc(C(F)(F)F)cc1. The Balaban J connectivity index is 2.46. The number of allylic oxidation sites excluding steroid dienone is 2. The first-order valence-corrected chi connectivity index (χ1v) is 6.86. The van der Waals surface area contributed by atoms with Gasteiger partial charge in [-0.1, -0.05) is 36.4 Å². The molecule has 0 aliphatic carbocycles. The van der Waals surface area contributed by atoms with E-state index in [-0.39, 0.29) is 5.75 Å². The van der Waals surface area contributed by atoms with E-state index in [0.29, 0.717) is 16.7 Å². The van der Waals surface area contributed by atoms with Gasteiger partial charge in [0.2, 0.25) is 0 Å². The summed E-state index contributed by atoms with van der Waals surface area (Å²) in [4.78, 5) is 10.6. The Bertz CT molecular complexity index is 771. The number of aromatic hydroxyl groups is 1. The zero-order valence-corrected chi connectivity index (χ0v) is 12.3. The van der Waals surface area contributed by atoms with Crippen molar-refractivity contribution in [2.75, 3.05) is 0 Å². The minimum Gasteiger partial charge on any atom is -0.508 e. The molecule has 6 heteroatoms. The Morgan fingerprint density at radius 2 is 1.42 bits per heavy atom. The van der Waals surface area contributed by atoms with Crippen molar-refractivity contribution >= 4 is 11.5 Å². The fourth-order valence-corrected chi connectivity index (χ4v) is 2.07. The van der Waals surface area contributed by atoms with E-state index in [1.807, 2.05) is 0 Å². The minimum atomic E-state index is -4.43. The minimum absolute atomic E-state index is 0.0478. The second-order valence-corrected chi connectivity index (χ2v) is 4.90. The zero-order chi connectivity index (χ0) is 17.7. The van der Waals surface area contributed by atoms with Crippen LogP contribution in [0.1, 0.15) is 16.7 Å². The van der Waals surface area contributed by atoms with Crippen LogP contribution in [0, 0.1) is 0 Å². The van der Waals surface area contributed by atoms with Crippen LogP contribution in [0.2, 0.25) is 0 Å². The van der Waals surface area contributed by atoms with Crippen LogP contribution in [0.4, 0.5) is 13.2 Å².